The monoisotopic (exact) mass is 909 g/mol. The summed E-state index contributed by atoms with van der Waals surface area (Å²) >= 11 is 0. The molecule has 6 nitrogen and oxygen atoms in total. The Hall–Kier alpha value is -9.26. The van der Waals surface area contributed by atoms with Crippen LogP contribution in [-0.2, 0) is 5.41 Å². The average Bonchev–Trinajstić information content (AvgIpc) is 4.13. The van der Waals surface area contributed by atoms with Crippen molar-refractivity contribution in [2.24, 2.45) is 0 Å². The van der Waals surface area contributed by atoms with Crippen LogP contribution in [0.15, 0.2) is 229 Å². The predicted molar refractivity (Wildman–Crippen MR) is 293 cm³/mol. The Labute approximate surface area is 408 Å². The van der Waals surface area contributed by atoms with Crippen molar-refractivity contribution in [3.8, 4) is 33.8 Å². The van der Waals surface area contributed by atoms with Crippen molar-refractivity contribution in [1.82, 2.24) is 19.1 Å². The Morgan fingerprint density at radius 1 is 0.423 bits per heavy atom. The highest BCUT2D eigenvalue weighted by atomic mass is 16.3. The molecule has 15 rings (SSSR count). The summed E-state index contributed by atoms with van der Waals surface area (Å²) < 4.78 is 11.1. The number of hydrogen-bond donors (Lipinski definition) is 0. The number of benzene rings is 10. The Balaban J connectivity index is 0.959. The van der Waals surface area contributed by atoms with Gasteiger partial charge in [-0.25, -0.2) is 4.98 Å². The molecule has 6 heteroatoms. The van der Waals surface area contributed by atoms with Gasteiger partial charge in [0, 0.05) is 54.4 Å². The third kappa shape index (κ3) is 5.76. The van der Waals surface area contributed by atoms with Crippen LogP contribution >= 0.6 is 0 Å². The molecular formula is C65H43N5O. The van der Waals surface area contributed by atoms with Crippen molar-refractivity contribution in [2.45, 2.75) is 19.3 Å². The number of hydrogen-bond acceptors (Lipinski definition) is 4. The molecule has 0 fully saturated rings. The Kier molecular flexibility index (Phi) is 8.32. The van der Waals surface area contributed by atoms with Crippen molar-refractivity contribution >= 4 is 93.8 Å². The lowest BCUT2D eigenvalue weighted by Gasteiger charge is -2.28. The van der Waals surface area contributed by atoms with Crippen molar-refractivity contribution in [2.75, 3.05) is 4.90 Å². The average molecular weight is 910 g/mol. The number of aromatic nitrogens is 4. The minimum absolute atomic E-state index is 0.206. The zero-order chi connectivity index (χ0) is 47.0. The molecule has 71 heavy (non-hydrogen) atoms. The topological polar surface area (TPSA) is 52.0 Å². The molecule has 1 aliphatic carbocycles. The van der Waals surface area contributed by atoms with Gasteiger partial charge in [-0.1, -0.05) is 147 Å². The molecule has 0 unspecified atom stereocenters. The molecular weight excluding hydrogens is 867 g/mol. The lowest BCUT2D eigenvalue weighted by molar-refractivity contribution is 0.660. The van der Waals surface area contributed by atoms with Crippen LogP contribution in [0.2, 0.25) is 0 Å². The van der Waals surface area contributed by atoms with Gasteiger partial charge >= 0.3 is 0 Å². The third-order valence-corrected chi connectivity index (χ3v) is 15.1. The van der Waals surface area contributed by atoms with E-state index in [1.807, 2.05) is 12.1 Å². The molecule has 334 valence electrons. The van der Waals surface area contributed by atoms with Gasteiger partial charge in [-0.3, -0.25) is 9.47 Å². The second-order valence-electron chi connectivity index (χ2n) is 19.4. The number of rotatable bonds is 6. The first-order valence-electron chi connectivity index (χ1n) is 24.3. The smallest absolute Gasteiger partial charge is 0.237 e. The van der Waals surface area contributed by atoms with Crippen molar-refractivity contribution in [3.05, 3.63) is 236 Å². The summed E-state index contributed by atoms with van der Waals surface area (Å²) in [6.07, 6.45) is 0. The summed E-state index contributed by atoms with van der Waals surface area (Å²) in [5.41, 5.74) is 17.3. The lowest BCUT2D eigenvalue weighted by Crippen LogP contribution is -2.17. The Morgan fingerprint density at radius 3 is 1.79 bits per heavy atom. The highest BCUT2D eigenvalue weighted by Crippen LogP contribution is 2.54. The molecule has 0 atom stereocenters. The van der Waals surface area contributed by atoms with Crippen LogP contribution in [-0.4, -0.2) is 19.1 Å². The number of fused-ring (bicyclic) bond motifs is 13. The second kappa shape index (κ2) is 14.9. The minimum atomic E-state index is -0.206. The quantitative estimate of drug-likeness (QED) is 0.167. The molecule has 1 aliphatic rings. The van der Waals surface area contributed by atoms with Crippen LogP contribution in [0.3, 0.4) is 0 Å². The fourth-order valence-electron chi connectivity index (χ4n) is 11.8. The van der Waals surface area contributed by atoms with Gasteiger partial charge in [0.05, 0.1) is 39.0 Å². The maximum Gasteiger partial charge on any atom is 0.237 e. The number of nitrogens with zero attached hydrogens (tertiary/aromatic N) is 5. The highest BCUT2D eigenvalue weighted by molar-refractivity contribution is 6.14. The van der Waals surface area contributed by atoms with Gasteiger partial charge in [0.2, 0.25) is 5.95 Å². The van der Waals surface area contributed by atoms with Gasteiger partial charge in [0.1, 0.15) is 11.2 Å². The van der Waals surface area contributed by atoms with Crippen LogP contribution in [0.25, 0.3) is 110 Å². The van der Waals surface area contributed by atoms with E-state index < -0.39 is 0 Å². The molecule has 0 N–H and O–H groups in total. The van der Waals surface area contributed by atoms with Crippen LogP contribution in [0.1, 0.15) is 25.0 Å². The Bertz CT molecular complexity index is 4520. The molecule has 0 saturated heterocycles. The van der Waals surface area contributed by atoms with Gasteiger partial charge in [0.25, 0.3) is 0 Å². The largest absolute Gasteiger partial charge is 0.456 e. The first-order valence-corrected chi connectivity index (χ1v) is 24.3. The standard InChI is InChI=1S/C65H43N5O/c1-65(2)52-24-11-6-22-47(52)62-53(65)25-16-29-59(62)69(43-33-36-61-51(39-43)46-21-10-15-30-60(46)71-61)64-66-54-26-12-7-23-48(54)63(67-64)70-56-28-14-9-20-45(56)50-38-41(32-35-58(50)70)40-31-34-57-49(37-40)44-19-8-13-27-55(44)68(57)42-17-4-3-5-18-42/h3-39H,1-2H3. The zero-order valence-electron chi connectivity index (χ0n) is 39.0. The summed E-state index contributed by atoms with van der Waals surface area (Å²) in [5.74, 6) is 1.39. The van der Waals surface area contributed by atoms with Gasteiger partial charge in [0.15, 0.2) is 5.82 Å². The predicted octanol–water partition coefficient (Wildman–Crippen LogP) is 17.2. The van der Waals surface area contributed by atoms with E-state index in [1.165, 1.54) is 49.6 Å². The second-order valence-corrected chi connectivity index (χ2v) is 19.4. The molecule has 14 aromatic rings. The molecule has 0 radical (unpaired) electrons. The van der Waals surface area contributed by atoms with E-state index in [9.17, 15) is 0 Å². The van der Waals surface area contributed by atoms with Gasteiger partial charge < -0.3 is 8.98 Å². The molecule has 4 aromatic heterocycles. The minimum Gasteiger partial charge on any atom is -0.456 e. The van der Waals surface area contributed by atoms with E-state index >= 15 is 0 Å². The van der Waals surface area contributed by atoms with Crippen LogP contribution in [0.4, 0.5) is 17.3 Å². The van der Waals surface area contributed by atoms with Crippen LogP contribution < -0.4 is 4.90 Å². The van der Waals surface area contributed by atoms with Crippen molar-refractivity contribution in [1.29, 1.82) is 0 Å². The molecule has 0 amide bonds. The SMILES string of the molecule is CC1(C)c2ccccc2-c2c(N(c3ccc4oc5ccccc5c4c3)c3nc(-n4c5ccccc5c5cc(-c6ccc7c(c6)c6ccccc6n7-c6ccccc6)ccc54)c4ccccc4n3)cccc21. The summed E-state index contributed by atoms with van der Waals surface area (Å²) in [6, 6.07) is 80.6. The van der Waals surface area contributed by atoms with E-state index in [4.69, 9.17) is 14.4 Å². The zero-order valence-corrected chi connectivity index (χ0v) is 39.0. The third-order valence-electron chi connectivity index (χ3n) is 15.1. The molecule has 10 aromatic carbocycles. The van der Waals surface area contributed by atoms with E-state index in [0.29, 0.717) is 5.95 Å². The Morgan fingerprint density at radius 2 is 1.01 bits per heavy atom. The number of anilines is 3. The first-order chi connectivity index (χ1) is 35.0. The van der Waals surface area contributed by atoms with E-state index in [1.54, 1.807) is 0 Å². The lowest BCUT2D eigenvalue weighted by atomic mass is 9.82. The summed E-state index contributed by atoms with van der Waals surface area (Å²) in [7, 11) is 0. The van der Waals surface area contributed by atoms with Crippen LogP contribution in [0.5, 0.6) is 0 Å². The van der Waals surface area contributed by atoms with E-state index in [2.05, 4.69) is 240 Å². The summed E-state index contributed by atoms with van der Waals surface area (Å²) in [6.45, 7) is 4.66. The number of furan rings is 1. The maximum atomic E-state index is 6.39. The normalized spacial score (nSPS) is 13.0. The molecule has 4 heterocycles. The first kappa shape index (κ1) is 39.7. The fraction of sp³-hybridized carbons (Fsp3) is 0.0462. The number of para-hydroxylation sites is 5. The fourth-order valence-corrected chi connectivity index (χ4v) is 11.8. The van der Waals surface area contributed by atoms with E-state index in [0.717, 1.165) is 83.1 Å². The maximum absolute atomic E-state index is 6.39. The molecule has 0 bridgehead atoms. The van der Waals surface area contributed by atoms with Crippen LogP contribution in [0, 0.1) is 0 Å². The molecule has 0 spiro atoms. The molecule has 0 saturated carbocycles. The highest BCUT2D eigenvalue weighted by Gasteiger charge is 2.38. The summed E-state index contributed by atoms with van der Waals surface area (Å²) in [4.78, 5) is 13.5. The molecule has 0 aliphatic heterocycles. The van der Waals surface area contributed by atoms with Gasteiger partial charge in [-0.2, -0.15) is 4.98 Å². The van der Waals surface area contributed by atoms with Crippen molar-refractivity contribution in [3.63, 3.8) is 0 Å². The van der Waals surface area contributed by atoms with Gasteiger partial charge in [-0.15, -0.1) is 0 Å². The van der Waals surface area contributed by atoms with E-state index in [-0.39, 0.29) is 5.41 Å². The summed E-state index contributed by atoms with van der Waals surface area (Å²) in [5, 5.41) is 7.84. The van der Waals surface area contributed by atoms with Crippen molar-refractivity contribution < 1.29 is 4.42 Å². The van der Waals surface area contributed by atoms with Gasteiger partial charge in [-0.05, 0) is 119 Å².